The third kappa shape index (κ3) is 6.23. The molecule has 2 aliphatic rings. The summed E-state index contributed by atoms with van der Waals surface area (Å²) in [5.41, 5.74) is 9.56. The number of rotatable bonds is 9. The zero-order chi connectivity index (χ0) is 34.4. The molecule has 5 aromatic rings. The topological polar surface area (TPSA) is 127 Å². The van der Waals surface area contributed by atoms with Crippen LogP contribution >= 0.6 is 11.3 Å². The Morgan fingerprint density at radius 2 is 1.78 bits per heavy atom. The van der Waals surface area contributed by atoms with Crippen LogP contribution in [0.1, 0.15) is 46.2 Å². The number of fused-ring (bicyclic) bond motifs is 2. The normalized spacial score (nSPS) is 16.1. The van der Waals surface area contributed by atoms with E-state index in [0.29, 0.717) is 68.2 Å². The predicted octanol–water partition coefficient (Wildman–Crippen LogP) is 6.47. The first kappa shape index (κ1) is 32.6. The summed E-state index contributed by atoms with van der Waals surface area (Å²) in [5.74, 6) is -0.546. The third-order valence-electron chi connectivity index (χ3n) is 9.87. The summed E-state index contributed by atoms with van der Waals surface area (Å²) in [6.45, 7) is 10.4. The summed E-state index contributed by atoms with van der Waals surface area (Å²) < 4.78 is 6.27. The maximum Gasteiger partial charge on any atom is 0.307 e. The lowest BCUT2D eigenvalue weighted by atomic mass is 9.91. The van der Waals surface area contributed by atoms with Gasteiger partial charge in [-0.2, -0.15) is 5.26 Å². The van der Waals surface area contributed by atoms with Gasteiger partial charge in [0.2, 0.25) is 11.8 Å². The molecule has 10 nitrogen and oxygen atoms in total. The van der Waals surface area contributed by atoms with E-state index < -0.39 is 5.97 Å². The number of amides is 1. The quantitative estimate of drug-likeness (QED) is 0.187. The predicted molar refractivity (Wildman–Crippen MR) is 189 cm³/mol. The summed E-state index contributed by atoms with van der Waals surface area (Å²) in [7, 11) is 1.96. The van der Waals surface area contributed by atoms with Gasteiger partial charge in [0.25, 0.3) is 0 Å². The highest BCUT2D eigenvalue weighted by Crippen LogP contribution is 2.40. The van der Waals surface area contributed by atoms with E-state index in [9.17, 15) is 20.0 Å². The second-order valence-corrected chi connectivity index (χ2v) is 14.2. The fourth-order valence-corrected chi connectivity index (χ4v) is 8.08. The van der Waals surface area contributed by atoms with Gasteiger partial charge in [0.15, 0.2) is 5.58 Å². The highest BCUT2D eigenvalue weighted by atomic mass is 32.1. The summed E-state index contributed by atoms with van der Waals surface area (Å²) in [6, 6.07) is 18.4. The molecule has 4 heterocycles. The molecule has 0 aliphatic carbocycles. The number of likely N-dealkylation sites (N-methyl/N-ethyl adjacent to an activating group) is 1. The molecule has 49 heavy (non-hydrogen) atoms. The van der Waals surface area contributed by atoms with Crippen LogP contribution in [0.15, 0.2) is 52.9 Å². The summed E-state index contributed by atoms with van der Waals surface area (Å²) in [4.78, 5) is 41.2. The van der Waals surface area contributed by atoms with Gasteiger partial charge in [-0.15, -0.1) is 11.3 Å². The molecule has 2 aromatic heterocycles. The molecule has 0 bridgehead atoms. The van der Waals surface area contributed by atoms with Gasteiger partial charge < -0.3 is 14.4 Å². The number of oxazole rings is 1. The standard InChI is InChI=1S/C38H38N6O4S/c1-5-42(4)21-34(45)44-19-32-33(20-44)49-37(41-32)30-11-7-9-28(23(30)3)27-8-6-10-29(22(27)2)36-40-31-15-24(14-26(16-39)35(31)48-36)17-43-13-12-25(18-43)38(46)47/h6-11,14-15,25H,5,12-13,17-21H2,1-4H3,(H,46,47). The van der Waals surface area contributed by atoms with Crippen LogP contribution in [0, 0.1) is 31.1 Å². The molecule has 0 spiro atoms. The van der Waals surface area contributed by atoms with Crippen molar-refractivity contribution in [1.29, 1.82) is 5.26 Å². The minimum absolute atomic E-state index is 0.130. The number of carbonyl (C=O) groups is 2. The first-order chi connectivity index (χ1) is 23.6. The van der Waals surface area contributed by atoms with Crippen LogP contribution in [0.25, 0.3) is 44.3 Å². The molecule has 3 aromatic carbocycles. The van der Waals surface area contributed by atoms with Gasteiger partial charge in [0, 0.05) is 29.1 Å². The molecule has 2 aliphatic heterocycles. The Morgan fingerprint density at radius 1 is 1.06 bits per heavy atom. The Kier molecular flexibility index (Phi) is 8.79. The molecule has 1 fully saturated rings. The van der Waals surface area contributed by atoms with Crippen molar-refractivity contribution < 1.29 is 19.1 Å². The number of aliphatic carboxylic acids is 1. The molecule has 250 valence electrons. The number of likely N-dealkylation sites (tertiary alicyclic amines) is 1. The van der Waals surface area contributed by atoms with Crippen LogP contribution in [0.3, 0.4) is 0 Å². The summed E-state index contributed by atoms with van der Waals surface area (Å²) in [5, 5.41) is 20.3. The second kappa shape index (κ2) is 13.2. The van der Waals surface area contributed by atoms with Crippen LogP contribution in [0.4, 0.5) is 0 Å². The molecule has 0 saturated carbocycles. The molecule has 1 unspecified atom stereocenters. The average molecular weight is 675 g/mol. The number of aromatic nitrogens is 2. The van der Waals surface area contributed by atoms with Crippen LogP contribution < -0.4 is 0 Å². The highest BCUT2D eigenvalue weighted by Gasteiger charge is 2.30. The van der Waals surface area contributed by atoms with Gasteiger partial charge in [-0.05, 0) is 86.4 Å². The minimum Gasteiger partial charge on any atom is -0.481 e. The Bertz CT molecular complexity index is 2120. The minimum atomic E-state index is -0.764. The maximum atomic E-state index is 12.8. The number of nitrogens with zero attached hydrogens (tertiary/aromatic N) is 6. The molecular formula is C38H38N6O4S. The number of carboxylic acids is 1. The van der Waals surface area contributed by atoms with E-state index in [2.05, 4.69) is 49.1 Å². The number of hydrogen-bond donors (Lipinski definition) is 1. The van der Waals surface area contributed by atoms with E-state index in [0.717, 1.165) is 61.1 Å². The number of nitriles is 1. The van der Waals surface area contributed by atoms with E-state index in [1.807, 2.05) is 48.0 Å². The Labute approximate surface area is 289 Å². The lowest BCUT2D eigenvalue weighted by Gasteiger charge is -2.20. The number of hydrogen-bond acceptors (Lipinski definition) is 9. The molecule has 1 saturated heterocycles. The first-order valence-corrected chi connectivity index (χ1v) is 17.4. The lowest BCUT2D eigenvalue weighted by Crippen LogP contribution is -2.35. The molecule has 1 amide bonds. The largest absolute Gasteiger partial charge is 0.481 e. The van der Waals surface area contributed by atoms with Gasteiger partial charge in [-0.3, -0.25) is 19.4 Å². The molecule has 11 heteroatoms. The van der Waals surface area contributed by atoms with Crippen LogP contribution in [-0.2, 0) is 29.2 Å². The average Bonchev–Trinajstić information content (AvgIpc) is 3.88. The van der Waals surface area contributed by atoms with Crippen molar-refractivity contribution >= 4 is 34.3 Å². The fraction of sp³-hybridized carbons (Fsp3) is 0.342. The van der Waals surface area contributed by atoms with Crippen molar-refractivity contribution in [1.82, 2.24) is 24.7 Å². The number of benzene rings is 3. The van der Waals surface area contributed by atoms with Crippen LogP contribution in [0.2, 0.25) is 0 Å². The van der Waals surface area contributed by atoms with Gasteiger partial charge >= 0.3 is 5.97 Å². The monoisotopic (exact) mass is 674 g/mol. The zero-order valence-corrected chi connectivity index (χ0v) is 28.9. The zero-order valence-electron chi connectivity index (χ0n) is 28.1. The Balaban J connectivity index is 1.16. The van der Waals surface area contributed by atoms with Crippen molar-refractivity contribution in [2.24, 2.45) is 5.92 Å². The van der Waals surface area contributed by atoms with Crippen molar-refractivity contribution in [3.8, 4) is 39.2 Å². The van der Waals surface area contributed by atoms with Gasteiger partial charge in [-0.1, -0.05) is 37.3 Å². The van der Waals surface area contributed by atoms with Crippen molar-refractivity contribution in [2.45, 2.75) is 46.8 Å². The van der Waals surface area contributed by atoms with Crippen molar-refractivity contribution in [2.75, 3.05) is 33.2 Å². The van der Waals surface area contributed by atoms with Gasteiger partial charge in [0.1, 0.15) is 16.6 Å². The SMILES string of the molecule is CCN(C)CC(=O)N1Cc2nc(-c3cccc(-c4cccc(-c5nc6cc(CN7CCC(C(=O)O)C7)cc(C#N)c6o5)c4C)c3C)sc2C1. The van der Waals surface area contributed by atoms with E-state index in [1.165, 1.54) is 0 Å². The smallest absolute Gasteiger partial charge is 0.307 e. The summed E-state index contributed by atoms with van der Waals surface area (Å²) >= 11 is 1.66. The van der Waals surface area contributed by atoms with Crippen molar-refractivity contribution in [3.05, 3.63) is 81.4 Å². The summed E-state index contributed by atoms with van der Waals surface area (Å²) in [6.07, 6.45) is 0.624. The number of thiazole rings is 1. The van der Waals surface area contributed by atoms with Crippen LogP contribution in [0.5, 0.6) is 0 Å². The third-order valence-corrected chi connectivity index (χ3v) is 11.0. The molecule has 1 atom stereocenters. The van der Waals surface area contributed by atoms with Crippen LogP contribution in [-0.4, -0.2) is 74.9 Å². The highest BCUT2D eigenvalue weighted by molar-refractivity contribution is 7.15. The van der Waals surface area contributed by atoms with Crippen molar-refractivity contribution in [3.63, 3.8) is 0 Å². The first-order valence-electron chi connectivity index (χ1n) is 16.6. The fourth-order valence-electron chi connectivity index (χ4n) is 6.91. The Hall–Kier alpha value is -4.89. The van der Waals surface area contributed by atoms with E-state index in [-0.39, 0.29) is 11.8 Å². The van der Waals surface area contributed by atoms with E-state index >= 15 is 0 Å². The lowest BCUT2D eigenvalue weighted by molar-refractivity contribution is -0.141. The van der Waals surface area contributed by atoms with E-state index in [4.69, 9.17) is 14.4 Å². The Morgan fingerprint density at radius 3 is 2.45 bits per heavy atom. The molecule has 7 rings (SSSR count). The maximum absolute atomic E-state index is 12.8. The van der Waals surface area contributed by atoms with E-state index in [1.54, 1.807) is 11.3 Å². The van der Waals surface area contributed by atoms with Gasteiger partial charge in [-0.25, -0.2) is 9.97 Å². The van der Waals surface area contributed by atoms with Gasteiger partial charge in [0.05, 0.1) is 36.8 Å². The number of carbonyl (C=O) groups excluding carboxylic acids is 1. The molecular weight excluding hydrogens is 637 g/mol. The molecule has 0 radical (unpaired) electrons. The second-order valence-electron chi connectivity index (χ2n) is 13.1. The number of carboxylic acid groups (broad SMARTS) is 1. The molecule has 1 N–H and O–H groups in total.